The van der Waals surface area contributed by atoms with Crippen LogP contribution in [0.4, 0.5) is 0 Å². The number of thiazole rings is 1. The summed E-state index contributed by atoms with van der Waals surface area (Å²) in [6, 6.07) is 3.82. The Morgan fingerprint density at radius 1 is 1.41 bits per heavy atom. The van der Waals surface area contributed by atoms with Crippen LogP contribution in [0.5, 0.6) is 0 Å². The molecule has 3 rings (SSSR count). The number of carbonyl (C=O) groups excluding carboxylic acids is 1. The van der Waals surface area contributed by atoms with Crippen molar-refractivity contribution in [3.8, 4) is 0 Å². The number of aryl methyl sites for hydroxylation is 2. The highest BCUT2D eigenvalue weighted by atomic mass is 32.1. The largest absolute Gasteiger partial charge is 0.352 e. The summed E-state index contributed by atoms with van der Waals surface area (Å²) in [5.41, 5.74) is 2.69. The fourth-order valence-electron chi connectivity index (χ4n) is 2.44. The highest BCUT2D eigenvalue weighted by Gasteiger charge is 2.29. The van der Waals surface area contributed by atoms with Gasteiger partial charge in [0.15, 0.2) is 0 Å². The van der Waals surface area contributed by atoms with E-state index in [1.807, 2.05) is 25.3 Å². The summed E-state index contributed by atoms with van der Waals surface area (Å²) in [4.78, 5) is 22.6. The van der Waals surface area contributed by atoms with Crippen LogP contribution in [0.25, 0.3) is 0 Å². The maximum absolute atomic E-state index is 12.4. The highest BCUT2D eigenvalue weighted by molar-refractivity contribution is 7.11. The van der Waals surface area contributed by atoms with Crippen molar-refractivity contribution >= 4 is 17.2 Å². The van der Waals surface area contributed by atoms with Gasteiger partial charge in [-0.1, -0.05) is 6.92 Å². The molecule has 2 aromatic heterocycles. The molecule has 0 bridgehead atoms. The van der Waals surface area contributed by atoms with Crippen molar-refractivity contribution in [2.45, 2.75) is 45.4 Å². The maximum Gasteiger partial charge on any atom is 0.253 e. The third-order valence-electron chi connectivity index (χ3n) is 3.85. The van der Waals surface area contributed by atoms with Crippen LogP contribution in [-0.2, 0) is 12.8 Å². The van der Waals surface area contributed by atoms with Gasteiger partial charge in [0.1, 0.15) is 0 Å². The topological polar surface area (TPSA) is 54.9 Å². The van der Waals surface area contributed by atoms with E-state index in [1.165, 1.54) is 4.88 Å². The Morgan fingerprint density at radius 2 is 2.23 bits per heavy atom. The molecule has 116 valence electrons. The first kappa shape index (κ1) is 15.2. The second kappa shape index (κ2) is 6.57. The Morgan fingerprint density at radius 3 is 2.91 bits per heavy atom. The number of carbonyl (C=O) groups is 1. The zero-order valence-corrected chi connectivity index (χ0v) is 13.9. The Kier molecular flexibility index (Phi) is 4.52. The van der Waals surface area contributed by atoms with Crippen LogP contribution in [-0.4, -0.2) is 22.4 Å². The minimum atomic E-state index is -0.0123. The van der Waals surface area contributed by atoms with Crippen LogP contribution >= 0.6 is 11.3 Å². The van der Waals surface area contributed by atoms with Gasteiger partial charge in [0, 0.05) is 35.7 Å². The molecule has 2 aromatic rings. The van der Waals surface area contributed by atoms with Gasteiger partial charge < -0.3 is 5.32 Å². The maximum atomic E-state index is 12.4. The van der Waals surface area contributed by atoms with E-state index in [0.29, 0.717) is 12.5 Å². The van der Waals surface area contributed by atoms with Crippen LogP contribution in [0, 0.1) is 6.92 Å². The van der Waals surface area contributed by atoms with Crippen LogP contribution < -0.4 is 5.32 Å². The summed E-state index contributed by atoms with van der Waals surface area (Å²) in [6.07, 6.45) is 6.03. The zero-order chi connectivity index (χ0) is 15.5. The number of rotatable bonds is 6. The number of hydrogen-bond donors (Lipinski definition) is 1. The fourth-order valence-corrected chi connectivity index (χ4v) is 3.30. The molecule has 0 spiro atoms. The number of nitrogens with zero attached hydrogens (tertiary/aromatic N) is 2. The SMILES string of the molecule is CCc1cnc(CCNC(=O)c2ccc(C)nc2C2CC2)s1. The zero-order valence-electron chi connectivity index (χ0n) is 13.1. The lowest BCUT2D eigenvalue weighted by atomic mass is 10.1. The van der Waals surface area contributed by atoms with Crippen molar-refractivity contribution in [1.29, 1.82) is 0 Å². The first-order valence-electron chi connectivity index (χ1n) is 7.86. The van der Waals surface area contributed by atoms with Gasteiger partial charge in [0.05, 0.1) is 16.3 Å². The normalized spacial score (nSPS) is 14.1. The Labute approximate surface area is 135 Å². The lowest BCUT2D eigenvalue weighted by Crippen LogP contribution is -2.27. The standard InChI is InChI=1S/C17H21N3OS/c1-3-13-10-19-15(22-13)8-9-18-17(21)14-7-4-11(2)20-16(14)12-5-6-12/h4,7,10,12H,3,5-6,8-9H2,1-2H3,(H,18,21). The van der Waals surface area contributed by atoms with Gasteiger partial charge in [-0.25, -0.2) is 4.98 Å². The van der Waals surface area contributed by atoms with Gasteiger partial charge in [0.2, 0.25) is 0 Å². The summed E-state index contributed by atoms with van der Waals surface area (Å²) < 4.78 is 0. The Bertz CT molecular complexity index is 676. The number of amides is 1. The minimum absolute atomic E-state index is 0.0123. The molecule has 0 saturated heterocycles. The van der Waals surface area contributed by atoms with E-state index in [9.17, 15) is 4.79 Å². The fraction of sp³-hybridized carbons (Fsp3) is 0.471. The first-order chi connectivity index (χ1) is 10.7. The van der Waals surface area contributed by atoms with Gasteiger partial charge in [0.25, 0.3) is 5.91 Å². The smallest absolute Gasteiger partial charge is 0.253 e. The van der Waals surface area contributed by atoms with Crippen molar-refractivity contribution in [3.05, 3.63) is 45.2 Å². The summed E-state index contributed by atoms with van der Waals surface area (Å²) >= 11 is 1.73. The van der Waals surface area contributed by atoms with E-state index >= 15 is 0 Å². The first-order valence-corrected chi connectivity index (χ1v) is 8.68. The molecule has 1 N–H and O–H groups in total. The van der Waals surface area contributed by atoms with E-state index in [-0.39, 0.29) is 5.91 Å². The van der Waals surface area contributed by atoms with Gasteiger partial charge >= 0.3 is 0 Å². The molecule has 1 fully saturated rings. The highest BCUT2D eigenvalue weighted by Crippen LogP contribution is 2.40. The van der Waals surface area contributed by atoms with Crippen LogP contribution in [0.1, 0.15) is 57.3 Å². The van der Waals surface area contributed by atoms with E-state index in [0.717, 1.165) is 47.6 Å². The Balaban J connectivity index is 1.60. The van der Waals surface area contributed by atoms with Crippen molar-refractivity contribution in [2.75, 3.05) is 6.54 Å². The molecule has 0 unspecified atom stereocenters. The molecule has 22 heavy (non-hydrogen) atoms. The molecular weight excluding hydrogens is 294 g/mol. The molecule has 0 aromatic carbocycles. The van der Waals surface area contributed by atoms with Crippen LogP contribution in [0.2, 0.25) is 0 Å². The van der Waals surface area contributed by atoms with E-state index in [2.05, 4.69) is 22.2 Å². The average Bonchev–Trinajstić information content (AvgIpc) is 3.26. The molecule has 0 atom stereocenters. The molecule has 5 heteroatoms. The number of aromatic nitrogens is 2. The molecule has 2 heterocycles. The molecule has 1 aliphatic rings. The van der Waals surface area contributed by atoms with Gasteiger partial charge in [-0.15, -0.1) is 11.3 Å². The predicted molar refractivity (Wildman–Crippen MR) is 88.5 cm³/mol. The van der Waals surface area contributed by atoms with Gasteiger partial charge in [-0.3, -0.25) is 9.78 Å². The molecule has 0 radical (unpaired) electrons. The van der Waals surface area contributed by atoms with Crippen molar-refractivity contribution in [1.82, 2.24) is 15.3 Å². The molecular formula is C17H21N3OS. The quantitative estimate of drug-likeness (QED) is 0.890. The second-order valence-corrected chi connectivity index (χ2v) is 6.94. The predicted octanol–water partition coefficient (Wildman–Crippen LogP) is 3.26. The molecule has 1 aliphatic carbocycles. The number of nitrogens with one attached hydrogen (secondary N) is 1. The third-order valence-corrected chi connectivity index (χ3v) is 5.05. The van der Waals surface area contributed by atoms with Crippen molar-refractivity contribution in [2.24, 2.45) is 0 Å². The third kappa shape index (κ3) is 3.53. The molecule has 4 nitrogen and oxygen atoms in total. The Hall–Kier alpha value is -1.75. The summed E-state index contributed by atoms with van der Waals surface area (Å²) in [5.74, 6) is 0.466. The van der Waals surface area contributed by atoms with E-state index in [4.69, 9.17) is 0 Å². The molecule has 1 saturated carbocycles. The minimum Gasteiger partial charge on any atom is -0.352 e. The second-order valence-electron chi connectivity index (χ2n) is 5.74. The van der Waals surface area contributed by atoms with Gasteiger partial charge in [-0.05, 0) is 38.3 Å². The van der Waals surface area contributed by atoms with Crippen LogP contribution in [0.15, 0.2) is 18.3 Å². The summed E-state index contributed by atoms with van der Waals surface area (Å²) in [5, 5.41) is 4.09. The number of hydrogen-bond acceptors (Lipinski definition) is 4. The monoisotopic (exact) mass is 315 g/mol. The average molecular weight is 315 g/mol. The lowest BCUT2D eigenvalue weighted by Gasteiger charge is -2.09. The lowest BCUT2D eigenvalue weighted by molar-refractivity contribution is 0.0952. The van der Waals surface area contributed by atoms with Gasteiger partial charge in [-0.2, -0.15) is 0 Å². The van der Waals surface area contributed by atoms with Crippen molar-refractivity contribution in [3.63, 3.8) is 0 Å². The number of pyridine rings is 1. The van der Waals surface area contributed by atoms with Crippen LogP contribution in [0.3, 0.4) is 0 Å². The summed E-state index contributed by atoms with van der Waals surface area (Å²) in [7, 11) is 0. The van der Waals surface area contributed by atoms with E-state index < -0.39 is 0 Å². The summed E-state index contributed by atoms with van der Waals surface area (Å²) in [6.45, 7) is 4.72. The molecule has 0 aliphatic heterocycles. The molecule has 1 amide bonds. The van der Waals surface area contributed by atoms with E-state index in [1.54, 1.807) is 11.3 Å². The van der Waals surface area contributed by atoms with Crippen molar-refractivity contribution < 1.29 is 4.79 Å².